The predicted molar refractivity (Wildman–Crippen MR) is 85.0 cm³/mol. The first-order chi connectivity index (χ1) is 10.1. The van der Waals surface area contributed by atoms with Gasteiger partial charge in [-0.3, -0.25) is 4.79 Å². The number of nitrogens with one attached hydrogen (secondary N) is 1. The topological polar surface area (TPSA) is 29.1 Å². The van der Waals surface area contributed by atoms with Gasteiger partial charge in [0, 0.05) is 5.69 Å². The van der Waals surface area contributed by atoms with E-state index in [1.165, 1.54) is 31.2 Å². The normalized spacial score (nSPS) is 37.3. The van der Waals surface area contributed by atoms with Crippen molar-refractivity contribution in [1.29, 1.82) is 0 Å². The molecule has 1 aromatic carbocycles. The summed E-state index contributed by atoms with van der Waals surface area (Å²) in [5.74, 6) is 2.83. The molecule has 0 unspecified atom stereocenters. The molecule has 2 heteroatoms. The standard InChI is InChI=1S/C19H25NO/c1-13-2-4-17(5-3-13)20-18(21)19-7-6-14-8-15(11-19)10-16(9-14)12-19/h2-5,14-16H,6-12H2,1H3,(H,20,21)/t14?,15-,16-,19?/m0/s1. The van der Waals surface area contributed by atoms with E-state index in [2.05, 4.69) is 24.4 Å². The third-order valence-electron chi connectivity index (χ3n) is 6.18. The maximum absolute atomic E-state index is 13.0. The summed E-state index contributed by atoms with van der Waals surface area (Å²) in [5.41, 5.74) is 2.13. The van der Waals surface area contributed by atoms with Crippen molar-refractivity contribution in [2.24, 2.45) is 23.2 Å². The Hall–Kier alpha value is -1.31. The maximum atomic E-state index is 13.0. The van der Waals surface area contributed by atoms with E-state index in [0.717, 1.165) is 42.7 Å². The summed E-state index contributed by atoms with van der Waals surface area (Å²) in [7, 11) is 0. The molecule has 4 aliphatic rings. The van der Waals surface area contributed by atoms with Gasteiger partial charge in [-0.25, -0.2) is 0 Å². The highest BCUT2D eigenvalue weighted by Crippen LogP contribution is 2.57. The van der Waals surface area contributed by atoms with Crippen molar-refractivity contribution in [3.05, 3.63) is 29.8 Å². The number of aryl methyl sites for hydroxylation is 1. The number of carbonyl (C=O) groups excluding carboxylic acids is 1. The molecule has 0 heterocycles. The van der Waals surface area contributed by atoms with Crippen LogP contribution in [-0.2, 0) is 4.79 Å². The van der Waals surface area contributed by atoms with Gasteiger partial charge in [0.05, 0.1) is 5.41 Å². The molecule has 0 saturated heterocycles. The number of carbonyl (C=O) groups is 1. The van der Waals surface area contributed by atoms with Gasteiger partial charge < -0.3 is 5.32 Å². The van der Waals surface area contributed by atoms with Crippen molar-refractivity contribution in [1.82, 2.24) is 0 Å². The highest BCUT2D eigenvalue weighted by atomic mass is 16.2. The fourth-order valence-corrected chi connectivity index (χ4v) is 5.34. The van der Waals surface area contributed by atoms with Crippen LogP contribution < -0.4 is 5.32 Å². The largest absolute Gasteiger partial charge is 0.326 e. The van der Waals surface area contributed by atoms with Crippen LogP contribution in [0.3, 0.4) is 0 Å². The molecule has 1 aromatic rings. The third-order valence-corrected chi connectivity index (χ3v) is 6.18. The quantitative estimate of drug-likeness (QED) is 0.848. The number of rotatable bonds is 2. The van der Waals surface area contributed by atoms with Crippen LogP contribution in [0.5, 0.6) is 0 Å². The average molecular weight is 283 g/mol. The summed E-state index contributed by atoms with van der Waals surface area (Å²) in [6, 6.07) is 8.20. The van der Waals surface area contributed by atoms with Gasteiger partial charge >= 0.3 is 0 Å². The van der Waals surface area contributed by atoms with Crippen molar-refractivity contribution in [3.8, 4) is 0 Å². The molecular formula is C19H25NO. The molecule has 4 saturated carbocycles. The van der Waals surface area contributed by atoms with Gasteiger partial charge in [0.15, 0.2) is 0 Å². The summed E-state index contributed by atoms with van der Waals surface area (Å²) >= 11 is 0. The zero-order chi connectivity index (χ0) is 14.4. The maximum Gasteiger partial charge on any atom is 0.230 e. The molecule has 21 heavy (non-hydrogen) atoms. The molecule has 4 bridgehead atoms. The second-order valence-corrected chi connectivity index (χ2v) is 7.85. The fraction of sp³-hybridized carbons (Fsp3) is 0.632. The minimum Gasteiger partial charge on any atom is -0.326 e. The molecule has 0 spiro atoms. The van der Waals surface area contributed by atoms with E-state index in [9.17, 15) is 4.79 Å². The zero-order valence-electron chi connectivity index (χ0n) is 12.9. The summed E-state index contributed by atoms with van der Waals surface area (Å²) < 4.78 is 0. The smallest absolute Gasteiger partial charge is 0.230 e. The molecular weight excluding hydrogens is 258 g/mol. The van der Waals surface area contributed by atoms with Crippen LogP contribution >= 0.6 is 0 Å². The molecule has 4 aliphatic carbocycles. The summed E-state index contributed by atoms with van der Waals surface area (Å²) in [4.78, 5) is 13.0. The molecule has 112 valence electrons. The molecule has 2 nitrogen and oxygen atoms in total. The highest BCUT2D eigenvalue weighted by Gasteiger charge is 2.51. The lowest BCUT2D eigenvalue weighted by Crippen LogP contribution is -2.42. The van der Waals surface area contributed by atoms with Crippen LogP contribution in [0.4, 0.5) is 5.69 Å². The van der Waals surface area contributed by atoms with Crippen molar-refractivity contribution in [3.63, 3.8) is 0 Å². The molecule has 2 atom stereocenters. The zero-order valence-corrected chi connectivity index (χ0v) is 12.9. The van der Waals surface area contributed by atoms with Gasteiger partial charge in [0.25, 0.3) is 0 Å². The first-order valence-corrected chi connectivity index (χ1v) is 8.51. The number of hydrogen-bond acceptors (Lipinski definition) is 1. The van der Waals surface area contributed by atoms with Gasteiger partial charge in [0.1, 0.15) is 0 Å². The average Bonchev–Trinajstić information content (AvgIpc) is 2.67. The minimum absolute atomic E-state index is 0.0658. The second-order valence-electron chi connectivity index (χ2n) is 7.85. The van der Waals surface area contributed by atoms with Crippen LogP contribution in [0.15, 0.2) is 24.3 Å². The number of anilines is 1. The Bertz CT molecular complexity index is 533. The van der Waals surface area contributed by atoms with E-state index in [1.807, 2.05) is 12.1 Å². The molecule has 0 radical (unpaired) electrons. The molecule has 0 aromatic heterocycles. The van der Waals surface area contributed by atoms with Crippen LogP contribution in [0, 0.1) is 30.1 Å². The molecule has 0 aliphatic heterocycles. The first-order valence-electron chi connectivity index (χ1n) is 8.51. The van der Waals surface area contributed by atoms with Gasteiger partial charge in [-0.2, -0.15) is 0 Å². The predicted octanol–water partition coefficient (Wildman–Crippen LogP) is 4.54. The Kier molecular flexibility index (Phi) is 3.09. The summed E-state index contributed by atoms with van der Waals surface area (Å²) in [6.45, 7) is 2.08. The van der Waals surface area contributed by atoms with E-state index < -0.39 is 0 Å². The molecule has 5 rings (SSSR count). The number of hydrogen-bond donors (Lipinski definition) is 1. The van der Waals surface area contributed by atoms with Gasteiger partial charge in [-0.15, -0.1) is 0 Å². The van der Waals surface area contributed by atoms with E-state index in [4.69, 9.17) is 0 Å². The minimum atomic E-state index is -0.0658. The second kappa shape index (κ2) is 4.86. The van der Waals surface area contributed by atoms with Crippen molar-refractivity contribution >= 4 is 11.6 Å². The lowest BCUT2D eigenvalue weighted by molar-refractivity contribution is -0.130. The Morgan fingerprint density at radius 3 is 2.33 bits per heavy atom. The Morgan fingerprint density at radius 1 is 1.05 bits per heavy atom. The van der Waals surface area contributed by atoms with Gasteiger partial charge in [-0.05, 0) is 81.8 Å². The van der Waals surface area contributed by atoms with Crippen LogP contribution in [0.2, 0.25) is 0 Å². The molecule has 4 fully saturated rings. The van der Waals surface area contributed by atoms with Crippen LogP contribution in [0.1, 0.15) is 50.5 Å². The van der Waals surface area contributed by atoms with Gasteiger partial charge in [0.2, 0.25) is 5.91 Å². The number of benzene rings is 1. The summed E-state index contributed by atoms with van der Waals surface area (Å²) in [6.07, 6.45) is 8.81. The molecule has 1 N–H and O–H groups in total. The van der Waals surface area contributed by atoms with E-state index in [1.54, 1.807) is 0 Å². The highest BCUT2D eigenvalue weighted by molar-refractivity contribution is 5.95. The monoisotopic (exact) mass is 283 g/mol. The van der Waals surface area contributed by atoms with Crippen molar-refractivity contribution in [2.75, 3.05) is 5.32 Å². The fourth-order valence-electron chi connectivity index (χ4n) is 5.34. The number of fused-ring (bicyclic) bond motifs is 1. The Labute approximate surface area is 127 Å². The van der Waals surface area contributed by atoms with Crippen LogP contribution in [-0.4, -0.2) is 5.91 Å². The lowest BCUT2D eigenvalue weighted by atomic mass is 9.61. The summed E-state index contributed by atoms with van der Waals surface area (Å²) in [5, 5.41) is 3.21. The molecule has 1 amide bonds. The van der Waals surface area contributed by atoms with Crippen molar-refractivity contribution in [2.45, 2.75) is 51.9 Å². The van der Waals surface area contributed by atoms with E-state index in [-0.39, 0.29) is 5.41 Å². The van der Waals surface area contributed by atoms with Crippen LogP contribution in [0.25, 0.3) is 0 Å². The van der Waals surface area contributed by atoms with E-state index in [0.29, 0.717) is 5.91 Å². The lowest BCUT2D eigenvalue weighted by Gasteiger charge is -2.44. The van der Waals surface area contributed by atoms with E-state index >= 15 is 0 Å². The van der Waals surface area contributed by atoms with Crippen molar-refractivity contribution < 1.29 is 4.79 Å². The SMILES string of the molecule is Cc1ccc(NC(=O)C23CCC4C[C@@H](C[C@H](C4)C2)C3)cc1. The third kappa shape index (κ3) is 2.39. The number of amides is 1. The Morgan fingerprint density at radius 2 is 1.67 bits per heavy atom. The van der Waals surface area contributed by atoms with Gasteiger partial charge in [-0.1, -0.05) is 17.7 Å². The first kappa shape index (κ1) is 13.4. The Balaban J connectivity index is 1.56.